The molecule has 1 amide bonds. The molecule has 0 aromatic heterocycles. The number of nitrogens with one attached hydrogen (secondary N) is 2. The molecule has 1 fully saturated rings. The molecular formula is C19H21BrN2O2. The van der Waals surface area contributed by atoms with E-state index in [0.717, 1.165) is 34.4 Å². The first-order valence-corrected chi connectivity index (χ1v) is 8.93. The maximum atomic E-state index is 12.2. The number of halogens is 1. The summed E-state index contributed by atoms with van der Waals surface area (Å²) >= 11 is 3.54. The van der Waals surface area contributed by atoms with Crippen molar-refractivity contribution in [3.63, 3.8) is 0 Å². The van der Waals surface area contributed by atoms with Gasteiger partial charge in [-0.25, -0.2) is 0 Å². The highest BCUT2D eigenvalue weighted by Crippen LogP contribution is 2.25. The van der Waals surface area contributed by atoms with Crippen LogP contribution in [0.5, 0.6) is 0 Å². The van der Waals surface area contributed by atoms with Gasteiger partial charge >= 0.3 is 0 Å². The number of ether oxygens (including phenoxy) is 1. The van der Waals surface area contributed by atoms with Crippen LogP contribution in [0.3, 0.4) is 0 Å². The molecule has 0 radical (unpaired) electrons. The highest BCUT2D eigenvalue weighted by atomic mass is 79.9. The molecule has 126 valence electrons. The predicted octanol–water partition coefficient (Wildman–Crippen LogP) is 4.87. The summed E-state index contributed by atoms with van der Waals surface area (Å²) in [4.78, 5) is 12.2. The van der Waals surface area contributed by atoms with Gasteiger partial charge in [0.2, 0.25) is 5.91 Å². The normalized spacial score (nSPS) is 15.1. The van der Waals surface area contributed by atoms with Crippen molar-refractivity contribution in [1.82, 2.24) is 0 Å². The fourth-order valence-electron chi connectivity index (χ4n) is 2.68. The van der Waals surface area contributed by atoms with Crippen molar-refractivity contribution in [3.05, 3.63) is 52.5 Å². The van der Waals surface area contributed by atoms with Crippen LogP contribution in [0.25, 0.3) is 0 Å². The number of hydrogen-bond acceptors (Lipinski definition) is 3. The molecule has 1 saturated heterocycles. The lowest BCUT2D eigenvalue weighted by Gasteiger charge is -2.21. The van der Waals surface area contributed by atoms with E-state index in [1.54, 1.807) is 0 Å². The zero-order valence-corrected chi connectivity index (χ0v) is 15.2. The van der Waals surface area contributed by atoms with Crippen molar-refractivity contribution >= 4 is 38.9 Å². The molecule has 2 N–H and O–H groups in total. The van der Waals surface area contributed by atoms with Gasteiger partial charge in [-0.15, -0.1) is 0 Å². The molecule has 0 saturated carbocycles. The Morgan fingerprint density at radius 3 is 2.33 bits per heavy atom. The highest BCUT2D eigenvalue weighted by Gasteiger charge is 2.21. The second kappa shape index (κ2) is 7.81. The monoisotopic (exact) mass is 388 g/mol. The largest absolute Gasteiger partial charge is 0.381 e. The molecule has 0 atom stereocenters. The Bertz CT molecular complexity index is 710. The number of carbonyl (C=O) groups excluding carboxylic acids is 1. The zero-order chi connectivity index (χ0) is 16.9. The first kappa shape index (κ1) is 17.0. The summed E-state index contributed by atoms with van der Waals surface area (Å²) in [6, 6.07) is 13.9. The summed E-state index contributed by atoms with van der Waals surface area (Å²) in [7, 11) is 0. The summed E-state index contributed by atoms with van der Waals surface area (Å²) in [6.45, 7) is 3.41. The number of rotatable bonds is 4. The van der Waals surface area contributed by atoms with E-state index in [1.165, 1.54) is 5.56 Å². The number of hydrogen-bond donors (Lipinski definition) is 2. The number of aryl methyl sites for hydroxylation is 1. The Kier molecular flexibility index (Phi) is 5.53. The molecule has 0 spiro atoms. The maximum absolute atomic E-state index is 12.2. The molecule has 5 heteroatoms. The highest BCUT2D eigenvalue weighted by molar-refractivity contribution is 9.10. The van der Waals surface area contributed by atoms with E-state index in [9.17, 15) is 4.79 Å². The lowest BCUT2D eigenvalue weighted by molar-refractivity contribution is -0.122. The zero-order valence-electron chi connectivity index (χ0n) is 13.6. The quantitative estimate of drug-likeness (QED) is 0.785. The fraction of sp³-hybridized carbons (Fsp3) is 0.316. The third-order valence-electron chi connectivity index (χ3n) is 4.21. The predicted molar refractivity (Wildman–Crippen MR) is 101 cm³/mol. The summed E-state index contributed by atoms with van der Waals surface area (Å²) in [6.07, 6.45) is 1.60. The SMILES string of the molecule is Cc1ccc(Nc2ccc(NC(=O)C3CCOCC3)cc2)cc1Br. The average Bonchev–Trinajstić information content (AvgIpc) is 2.61. The molecule has 1 aliphatic heterocycles. The van der Waals surface area contributed by atoms with Gasteiger partial charge in [0.1, 0.15) is 0 Å². The van der Waals surface area contributed by atoms with Gasteiger partial charge in [-0.3, -0.25) is 4.79 Å². The van der Waals surface area contributed by atoms with Crippen LogP contribution in [-0.4, -0.2) is 19.1 Å². The van der Waals surface area contributed by atoms with Crippen LogP contribution in [0.4, 0.5) is 17.1 Å². The summed E-state index contributed by atoms with van der Waals surface area (Å²) in [5.41, 5.74) is 4.02. The van der Waals surface area contributed by atoms with E-state index in [4.69, 9.17) is 4.74 Å². The molecule has 4 nitrogen and oxygen atoms in total. The number of benzene rings is 2. The Morgan fingerprint density at radius 2 is 1.67 bits per heavy atom. The minimum Gasteiger partial charge on any atom is -0.381 e. The molecule has 1 heterocycles. The van der Waals surface area contributed by atoms with Crippen molar-refractivity contribution in [1.29, 1.82) is 0 Å². The molecule has 0 bridgehead atoms. The number of anilines is 3. The van der Waals surface area contributed by atoms with Gasteiger partial charge in [0.25, 0.3) is 0 Å². The Balaban J connectivity index is 1.60. The van der Waals surface area contributed by atoms with Crippen LogP contribution in [0.2, 0.25) is 0 Å². The molecule has 24 heavy (non-hydrogen) atoms. The Labute approximate surface area is 150 Å². The van der Waals surface area contributed by atoms with Crippen LogP contribution < -0.4 is 10.6 Å². The molecule has 2 aromatic carbocycles. The van der Waals surface area contributed by atoms with E-state index < -0.39 is 0 Å². The third-order valence-corrected chi connectivity index (χ3v) is 5.06. The van der Waals surface area contributed by atoms with Crippen LogP contribution in [-0.2, 0) is 9.53 Å². The van der Waals surface area contributed by atoms with Gasteiger partial charge in [-0.2, -0.15) is 0 Å². The van der Waals surface area contributed by atoms with E-state index in [2.05, 4.69) is 45.6 Å². The second-order valence-electron chi connectivity index (χ2n) is 6.04. The molecular weight excluding hydrogens is 368 g/mol. The lowest BCUT2D eigenvalue weighted by Crippen LogP contribution is -2.28. The van der Waals surface area contributed by atoms with Crippen molar-refractivity contribution in [2.45, 2.75) is 19.8 Å². The van der Waals surface area contributed by atoms with E-state index >= 15 is 0 Å². The third kappa shape index (κ3) is 4.36. The van der Waals surface area contributed by atoms with Crippen LogP contribution >= 0.6 is 15.9 Å². The maximum Gasteiger partial charge on any atom is 0.227 e. The van der Waals surface area contributed by atoms with Crippen LogP contribution in [0, 0.1) is 12.8 Å². The first-order chi connectivity index (χ1) is 11.6. The Hall–Kier alpha value is -1.85. The molecule has 0 aliphatic carbocycles. The minimum absolute atomic E-state index is 0.0569. The standard InChI is InChI=1S/C19H21BrN2O2/c1-13-2-3-17(12-18(13)20)21-15-4-6-16(7-5-15)22-19(23)14-8-10-24-11-9-14/h2-7,12,14,21H,8-11H2,1H3,(H,22,23). The second-order valence-corrected chi connectivity index (χ2v) is 6.90. The Morgan fingerprint density at radius 1 is 1.04 bits per heavy atom. The minimum atomic E-state index is 0.0569. The van der Waals surface area contributed by atoms with Crippen molar-refractivity contribution in [3.8, 4) is 0 Å². The first-order valence-electron chi connectivity index (χ1n) is 8.14. The van der Waals surface area contributed by atoms with Crippen LogP contribution in [0.15, 0.2) is 46.9 Å². The van der Waals surface area contributed by atoms with Gasteiger partial charge in [-0.1, -0.05) is 22.0 Å². The summed E-state index contributed by atoms with van der Waals surface area (Å²) in [5, 5.41) is 6.35. The molecule has 3 rings (SSSR count). The van der Waals surface area contributed by atoms with Gasteiger partial charge in [0.05, 0.1) is 0 Å². The number of amides is 1. The van der Waals surface area contributed by atoms with Crippen molar-refractivity contribution in [2.75, 3.05) is 23.8 Å². The van der Waals surface area contributed by atoms with E-state index in [-0.39, 0.29) is 11.8 Å². The van der Waals surface area contributed by atoms with Gasteiger partial charge < -0.3 is 15.4 Å². The van der Waals surface area contributed by atoms with Crippen molar-refractivity contribution < 1.29 is 9.53 Å². The van der Waals surface area contributed by atoms with Gasteiger partial charge in [0.15, 0.2) is 0 Å². The van der Waals surface area contributed by atoms with Crippen LogP contribution in [0.1, 0.15) is 18.4 Å². The van der Waals surface area contributed by atoms with E-state index in [0.29, 0.717) is 13.2 Å². The lowest BCUT2D eigenvalue weighted by atomic mass is 9.99. The summed E-state index contributed by atoms with van der Waals surface area (Å²) < 4.78 is 6.37. The average molecular weight is 389 g/mol. The van der Waals surface area contributed by atoms with Crippen molar-refractivity contribution in [2.24, 2.45) is 5.92 Å². The molecule has 2 aromatic rings. The smallest absolute Gasteiger partial charge is 0.227 e. The number of carbonyl (C=O) groups is 1. The fourth-order valence-corrected chi connectivity index (χ4v) is 3.06. The molecule has 1 aliphatic rings. The van der Waals surface area contributed by atoms with Gasteiger partial charge in [-0.05, 0) is 61.7 Å². The summed E-state index contributed by atoms with van der Waals surface area (Å²) in [5.74, 6) is 0.142. The van der Waals surface area contributed by atoms with E-state index in [1.807, 2.05) is 30.3 Å². The topological polar surface area (TPSA) is 50.4 Å². The molecule has 0 unspecified atom stereocenters. The van der Waals surface area contributed by atoms with Gasteiger partial charge in [0, 0.05) is 40.7 Å².